The van der Waals surface area contributed by atoms with E-state index >= 15 is 0 Å². The molecule has 198 valence electrons. The fraction of sp³-hybridized carbons (Fsp3) is 0.280. The highest BCUT2D eigenvalue weighted by Gasteiger charge is 2.33. The van der Waals surface area contributed by atoms with Crippen molar-refractivity contribution in [3.63, 3.8) is 0 Å². The number of hydrogen-bond acceptors (Lipinski definition) is 9. The number of aromatic nitrogens is 3. The van der Waals surface area contributed by atoms with Crippen LogP contribution in [0.1, 0.15) is 40.6 Å². The molecule has 13 heteroatoms. The molecule has 0 saturated heterocycles. The Labute approximate surface area is 221 Å². The number of fused-ring (bicyclic) bond motifs is 1. The van der Waals surface area contributed by atoms with Crippen LogP contribution in [0.15, 0.2) is 40.9 Å². The van der Waals surface area contributed by atoms with E-state index < -0.39 is 33.7 Å². The molecule has 4 rings (SSSR count). The van der Waals surface area contributed by atoms with Crippen molar-refractivity contribution in [3.05, 3.63) is 68.7 Å². The summed E-state index contributed by atoms with van der Waals surface area (Å²) in [4.78, 5) is 35.9. The van der Waals surface area contributed by atoms with Gasteiger partial charge >= 0.3 is 11.7 Å². The average Bonchev–Trinajstić information content (AvgIpc) is 3.42. The Kier molecular flexibility index (Phi) is 7.09. The quantitative estimate of drug-likeness (QED) is 0.193. The summed E-state index contributed by atoms with van der Waals surface area (Å²) in [7, 11) is 3.27. The van der Waals surface area contributed by atoms with Gasteiger partial charge in [-0.1, -0.05) is 28.9 Å². The van der Waals surface area contributed by atoms with E-state index in [0.717, 1.165) is 16.6 Å². The van der Waals surface area contributed by atoms with Crippen molar-refractivity contribution in [1.29, 1.82) is 0 Å². The largest absolute Gasteiger partial charge is 0.495 e. The van der Waals surface area contributed by atoms with Gasteiger partial charge in [-0.05, 0) is 49.2 Å². The Morgan fingerprint density at radius 2 is 1.87 bits per heavy atom. The molecular formula is C25H24ClN5O7. The number of nitrogens with zero attached hydrogens (tertiary/aromatic N) is 4. The van der Waals surface area contributed by atoms with Gasteiger partial charge in [0.25, 0.3) is 11.6 Å². The minimum Gasteiger partial charge on any atom is -0.495 e. The number of amides is 1. The smallest absolute Gasteiger partial charge is 0.367 e. The Bertz CT molecular complexity index is 1570. The van der Waals surface area contributed by atoms with Crippen LogP contribution in [0.25, 0.3) is 22.0 Å². The van der Waals surface area contributed by atoms with E-state index in [4.69, 9.17) is 25.6 Å². The summed E-state index contributed by atoms with van der Waals surface area (Å²) in [5.74, 6) is -1.07. The van der Waals surface area contributed by atoms with Crippen molar-refractivity contribution in [2.45, 2.75) is 26.3 Å². The van der Waals surface area contributed by atoms with Crippen LogP contribution in [0.2, 0.25) is 5.02 Å². The van der Waals surface area contributed by atoms with E-state index in [1.165, 1.54) is 6.92 Å². The molecule has 2 aromatic carbocycles. The Hall–Kier alpha value is -4.45. The average molecular weight is 542 g/mol. The SMILES string of the molecule is COc1ccc(-c2ccc3c(C(=O)NC(C)(C)COC(=O)c4noc(C)c4[N+](=O)[O-])nn(C)c3c2)cc1Cl. The van der Waals surface area contributed by atoms with Crippen LogP contribution in [-0.2, 0) is 11.8 Å². The molecule has 12 nitrogen and oxygen atoms in total. The molecule has 0 fully saturated rings. The second-order valence-corrected chi connectivity index (χ2v) is 9.57. The molecule has 1 amide bonds. The molecule has 0 bridgehead atoms. The fourth-order valence-corrected chi connectivity index (χ4v) is 4.14. The number of hydrogen-bond donors (Lipinski definition) is 1. The van der Waals surface area contributed by atoms with E-state index in [-0.39, 0.29) is 18.1 Å². The minimum atomic E-state index is -1.04. The van der Waals surface area contributed by atoms with Gasteiger partial charge in [0.1, 0.15) is 12.4 Å². The van der Waals surface area contributed by atoms with Crippen LogP contribution in [0, 0.1) is 17.0 Å². The number of rotatable bonds is 8. The number of nitrogens with one attached hydrogen (secondary N) is 1. The van der Waals surface area contributed by atoms with E-state index in [1.54, 1.807) is 50.9 Å². The lowest BCUT2D eigenvalue weighted by Gasteiger charge is -2.25. The van der Waals surface area contributed by atoms with Crippen molar-refractivity contribution in [2.75, 3.05) is 13.7 Å². The molecular weight excluding hydrogens is 518 g/mol. The molecule has 0 unspecified atom stereocenters. The van der Waals surface area contributed by atoms with Crippen LogP contribution in [0.4, 0.5) is 5.69 Å². The molecule has 0 atom stereocenters. The molecule has 0 aliphatic heterocycles. The maximum atomic E-state index is 13.1. The summed E-state index contributed by atoms with van der Waals surface area (Å²) >= 11 is 6.27. The molecule has 0 saturated carbocycles. The zero-order valence-electron chi connectivity index (χ0n) is 21.2. The highest BCUT2D eigenvalue weighted by molar-refractivity contribution is 6.32. The maximum absolute atomic E-state index is 13.1. The standard InChI is InChI=1S/C25H24ClN5O7/c1-13-22(31(34)35)21(29-38-13)24(33)37-12-25(2,3)27-23(32)20-16-8-6-15(11-18(16)30(4)28-20)14-7-9-19(36-5)17(26)10-14/h6-11H,12H2,1-5H3,(H,27,32). The predicted molar refractivity (Wildman–Crippen MR) is 137 cm³/mol. The zero-order valence-corrected chi connectivity index (χ0v) is 22.0. The normalized spacial score (nSPS) is 11.4. The lowest BCUT2D eigenvalue weighted by molar-refractivity contribution is -0.386. The van der Waals surface area contributed by atoms with E-state index in [2.05, 4.69) is 15.6 Å². The Morgan fingerprint density at radius 3 is 2.53 bits per heavy atom. The van der Waals surface area contributed by atoms with Gasteiger partial charge in [0.05, 0.1) is 28.1 Å². The van der Waals surface area contributed by atoms with E-state index in [0.29, 0.717) is 16.2 Å². The molecule has 0 spiro atoms. The summed E-state index contributed by atoms with van der Waals surface area (Å²) < 4.78 is 16.7. The Balaban J connectivity index is 1.51. The lowest BCUT2D eigenvalue weighted by Crippen LogP contribution is -2.47. The molecule has 0 aliphatic rings. The summed E-state index contributed by atoms with van der Waals surface area (Å²) in [5, 5.41) is 22.9. The first-order valence-corrected chi connectivity index (χ1v) is 11.7. The third kappa shape index (κ3) is 5.16. The number of benzene rings is 2. The molecule has 0 radical (unpaired) electrons. The third-order valence-electron chi connectivity index (χ3n) is 5.78. The van der Waals surface area contributed by atoms with Gasteiger partial charge in [-0.3, -0.25) is 19.6 Å². The number of aryl methyl sites for hydroxylation is 2. The number of esters is 1. The van der Waals surface area contributed by atoms with Crippen molar-refractivity contribution in [3.8, 4) is 16.9 Å². The maximum Gasteiger partial charge on any atom is 0.367 e. The topological polar surface area (TPSA) is 152 Å². The van der Waals surface area contributed by atoms with Crippen LogP contribution in [0.3, 0.4) is 0 Å². The fourth-order valence-electron chi connectivity index (χ4n) is 3.88. The van der Waals surface area contributed by atoms with Gasteiger partial charge in [0, 0.05) is 19.4 Å². The van der Waals surface area contributed by atoms with Gasteiger partial charge < -0.3 is 19.3 Å². The molecule has 1 N–H and O–H groups in total. The molecule has 2 aromatic heterocycles. The molecule has 2 heterocycles. The van der Waals surface area contributed by atoms with Gasteiger partial charge in [-0.15, -0.1) is 0 Å². The van der Waals surface area contributed by atoms with Gasteiger partial charge in [-0.2, -0.15) is 5.10 Å². The summed E-state index contributed by atoms with van der Waals surface area (Å²) in [6.45, 7) is 4.31. The van der Waals surface area contributed by atoms with Crippen molar-refractivity contribution in [2.24, 2.45) is 7.05 Å². The second kappa shape index (κ2) is 10.1. The molecule has 0 aliphatic carbocycles. The number of carbonyl (C=O) groups is 2. The van der Waals surface area contributed by atoms with Crippen LogP contribution in [-0.4, -0.2) is 51.0 Å². The summed E-state index contributed by atoms with van der Waals surface area (Å²) in [6.07, 6.45) is 0. The van der Waals surface area contributed by atoms with Crippen molar-refractivity contribution in [1.82, 2.24) is 20.3 Å². The Morgan fingerprint density at radius 1 is 1.18 bits per heavy atom. The number of methoxy groups -OCH3 is 1. The number of ether oxygens (including phenoxy) is 2. The second-order valence-electron chi connectivity index (χ2n) is 9.16. The van der Waals surface area contributed by atoms with E-state index in [1.807, 2.05) is 18.2 Å². The van der Waals surface area contributed by atoms with Crippen LogP contribution < -0.4 is 10.1 Å². The minimum absolute atomic E-state index is 0.116. The van der Waals surface area contributed by atoms with E-state index in [9.17, 15) is 19.7 Å². The number of carbonyl (C=O) groups excluding carboxylic acids is 2. The molecule has 38 heavy (non-hydrogen) atoms. The zero-order chi connectivity index (χ0) is 27.8. The van der Waals surface area contributed by atoms with Crippen LogP contribution >= 0.6 is 11.6 Å². The van der Waals surface area contributed by atoms with Gasteiger partial charge in [0.15, 0.2) is 5.69 Å². The van der Waals surface area contributed by atoms with Gasteiger partial charge in [0.2, 0.25) is 5.76 Å². The predicted octanol–water partition coefficient (Wildman–Crippen LogP) is 4.47. The van der Waals surface area contributed by atoms with Crippen LogP contribution in [0.5, 0.6) is 5.75 Å². The van der Waals surface area contributed by atoms with Crippen molar-refractivity contribution < 1.29 is 28.5 Å². The lowest BCUT2D eigenvalue weighted by atomic mass is 10.0. The third-order valence-corrected chi connectivity index (χ3v) is 6.07. The molecule has 4 aromatic rings. The first-order chi connectivity index (χ1) is 17.9. The first kappa shape index (κ1) is 26.6. The number of halogens is 1. The monoisotopic (exact) mass is 541 g/mol. The summed E-state index contributed by atoms with van der Waals surface area (Å²) in [5.41, 5.74) is 0.509. The first-order valence-electron chi connectivity index (χ1n) is 11.3. The van der Waals surface area contributed by atoms with Gasteiger partial charge in [-0.25, -0.2) is 4.79 Å². The highest BCUT2D eigenvalue weighted by Crippen LogP contribution is 2.32. The summed E-state index contributed by atoms with van der Waals surface area (Å²) in [6, 6.07) is 11.0. The highest BCUT2D eigenvalue weighted by atomic mass is 35.5. The van der Waals surface area contributed by atoms with Crippen molar-refractivity contribution >= 4 is 40.1 Å². The number of nitro groups is 1.